The monoisotopic (exact) mass is 561 g/mol. The molecule has 2 N–H and O–H groups in total. The maximum Gasteiger partial charge on any atom is 0.270 e. The molecule has 1 amide bonds. The highest BCUT2D eigenvalue weighted by Gasteiger charge is 2.42. The zero-order chi connectivity index (χ0) is 27.7. The van der Waals surface area contributed by atoms with E-state index in [1.807, 2.05) is 35.2 Å². The maximum absolute atomic E-state index is 12.2. The van der Waals surface area contributed by atoms with Crippen molar-refractivity contribution in [3.8, 4) is 11.3 Å². The van der Waals surface area contributed by atoms with Crippen molar-refractivity contribution < 1.29 is 14.1 Å². The van der Waals surface area contributed by atoms with Crippen LogP contribution in [0, 0.1) is 16.0 Å². The number of aromatic nitrogens is 1. The van der Waals surface area contributed by atoms with E-state index in [1.165, 1.54) is 12.1 Å². The molecular weight excluding hydrogens is 538 g/mol. The number of nitro benzene ring substituents is 1. The van der Waals surface area contributed by atoms with Gasteiger partial charge in [0.2, 0.25) is 5.91 Å². The van der Waals surface area contributed by atoms with Crippen molar-refractivity contribution >= 4 is 51.9 Å². The number of hydrogen-bond acceptors (Lipinski definition) is 6. The Kier molecular flexibility index (Phi) is 7.32. The normalized spacial score (nSPS) is 16.8. The summed E-state index contributed by atoms with van der Waals surface area (Å²) in [5.74, 6) is 0.725. The molecule has 0 spiro atoms. The van der Waals surface area contributed by atoms with Gasteiger partial charge in [0, 0.05) is 35.5 Å². The number of nitro groups is 1. The third-order valence-corrected chi connectivity index (χ3v) is 7.00. The number of nitrogens with zero attached hydrogens (tertiary/aromatic N) is 3. The molecule has 2 atom stereocenters. The third kappa shape index (κ3) is 5.34. The van der Waals surface area contributed by atoms with Crippen LogP contribution in [-0.2, 0) is 4.79 Å². The first kappa shape index (κ1) is 26.3. The van der Waals surface area contributed by atoms with Crippen molar-refractivity contribution in [1.29, 1.82) is 0 Å². The summed E-state index contributed by atoms with van der Waals surface area (Å²) >= 11 is 12.3. The summed E-state index contributed by atoms with van der Waals surface area (Å²) in [4.78, 5) is 29.5. The van der Waals surface area contributed by atoms with Gasteiger partial charge in [0.1, 0.15) is 17.6 Å². The first-order chi connectivity index (χ1) is 18.7. The Labute approximate surface area is 235 Å². The Bertz CT molecular complexity index is 1560. The molecule has 2 aromatic heterocycles. The zero-order valence-electron chi connectivity index (χ0n) is 21.0. The number of furan rings is 1. The molecule has 5 rings (SSSR count). The van der Waals surface area contributed by atoms with Gasteiger partial charge in [-0.05, 0) is 54.7 Å². The second-order valence-electron chi connectivity index (χ2n) is 9.31. The number of pyridine rings is 1. The van der Waals surface area contributed by atoms with Crippen LogP contribution in [0.2, 0.25) is 5.02 Å². The van der Waals surface area contributed by atoms with Crippen molar-refractivity contribution in [2.75, 3.05) is 10.2 Å². The van der Waals surface area contributed by atoms with Crippen LogP contribution in [0.25, 0.3) is 11.3 Å². The Balaban J connectivity index is 1.55. The lowest BCUT2D eigenvalue weighted by molar-refractivity contribution is -0.384. The number of nitrogens with one attached hydrogen (secondary N) is 2. The van der Waals surface area contributed by atoms with E-state index in [4.69, 9.17) is 28.2 Å². The molecule has 2 unspecified atom stereocenters. The molecule has 0 aliphatic carbocycles. The molecule has 3 heterocycles. The van der Waals surface area contributed by atoms with Gasteiger partial charge in [-0.15, -0.1) is 0 Å². The molecule has 0 saturated carbocycles. The van der Waals surface area contributed by atoms with E-state index in [-0.39, 0.29) is 23.6 Å². The molecule has 198 valence electrons. The predicted octanol–water partition coefficient (Wildman–Crippen LogP) is 6.67. The van der Waals surface area contributed by atoms with Gasteiger partial charge < -0.3 is 20.0 Å². The fourth-order valence-corrected chi connectivity index (χ4v) is 4.96. The van der Waals surface area contributed by atoms with E-state index in [1.54, 1.807) is 50.4 Å². The van der Waals surface area contributed by atoms with E-state index < -0.39 is 11.0 Å². The minimum atomic E-state index is -0.452. The van der Waals surface area contributed by atoms with E-state index in [2.05, 4.69) is 15.6 Å². The number of rotatable bonds is 7. The van der Waals surface area contributed by atoms with Gasteiger partial charge in [-0.1, -0.05) is 43.6 Å². The first-order valence-corrected chi connectivity index (χ1v) is 13.0. The lowest BCUT2D eigenvalue weighted by atomic mass is 10.0. The number of benzene rings is 2. The van der Waals surface area contributed by atoms with Gasteiger partial charge in [0.15, 0.2) is 5.11 Å². The van der Waals surface area contributed by atoms with Gasteiger partial charge in [0.05, 0.1) is 27.4 Å². The minimum absolute atomic E-state index is 0.0264. The molecule has 1 fully saturated rings. The van der Waals surface area contributed by atoms with Crippen molar-refractivity contribution in [2.45, 2.75) is 25.9 Å². The molecule has 1 aliphatic heterocycles. The highest BCUT2D eigenvalue weighted by Crippen LogP contribution is 2.44. The van der Waals surface area contributed by atoms with Gasteiger partial charge >= 0.3 is 0 Å². The number of halogens is 1. The highest BCUT2D eigenvalue weighted by molar-refractivity contribution is 7.80. The molecule has 1 saturated heterocycles. The van der Waals surface area contributed by atoms with Crippen LogP contribution in [0.4, 0.5) is 17.1 Å². The number of anilines is 2. The van der Waals surface area contributed by atoms with E-state index in [0.717, 1.165) is 5.69 Å². The van der Waals surface area contributed by atoms with Crippen LogP contribution >= 0.6 is 23.8 Å². The topological polar surface area (TPSA) is 114 Å². The largest absolute Gasteiger partial charge is 0.459 e. The Morgan fingerprint density at radius 1 is 1.15 bits per heavy atom. The third-order valence-electron chi connectivity index (χ3n) is 6.37. The zero-order valence-corrected chi connectivity index (χ0v) is 22.6. The van der Waals surface area contributed by atoms with Gasteiger partial charge in [-0.25, -0.2) is 0 Å². The molecular formula is C28H24ClN5O4S. The summed E-state index contributed by atoms with van der Waals surface area (Å²) in [5, 5.41) is 18.3. The fourth-order valence-electron chi connectivity index (χ4n) is 4.39. The van der Waals surface area contributed by atoms with E-state index in [0.29, 0.717) is 38.6 Å². The SMILES string of the molecule is CC(C)C(=O)Nc1ccc(N2C(=S)NC(c3ccccn3)C2c2ccc(-c3cccc([N+](=O)[O-])c3)o2)cc1Cl. The molecule has 39 heavy (non-hydrogen) atoms. The fraction of sp³-hybridized carbons (Fsp3) is 0.179. The molecule has 4 aromatic rings. The number of thiocarbonyl (C=S) groups is 1. The predicted molar refractivity (Wildman–Crippen MR) is 154 cm³/mol. The number of amides is 1. The Hall–Kier alpha value is -4.28. The minimum Gasteiger partial charge on any atom is -0.459 e. The number of carbonyl (C=O) groups is 1. The van der Waals surface area contributed by atoms with Crippen LogP contribution in [0.15, 0.2) is 83.4 Å². The van der Waals surface area contributed by atoms with Gasteiger partial charge in [-0.3, -0.25) is 19.9 Å². The Morgan fingerprint density at radius 3 is 2.67 bits per heavy atom. The summed E-state index contributed by atoms with van der Waals surface area (Å²) in [7, 11) is 0. The molecule has 2 aromatic carbocycles. The summed E-state index contributed by atoms with van der Waals surface area (Å²) in [6.07, 6.45) is 1.71. The lowest BCUT2D eigenvalue weighted by Crippen LogP contribution is -2.29. The van der Waals surface area contributed by atoms with E-state index in [9.17, 15) is 14.9 Å². The van der Waals surface area contributed by atoms with Gasteiger partial charge in [-0.2, -0.15) is 0 Å². The lowest BCUT2D eigenvalue weighted by Gasteiger charge is -2.26. The summed E-state index contributed by atoms with van der Waals surface area (Å²) in [6, 6.07) is 20.0. The summed E-state index contributed by atoms with van der Waals surface area (Å²) in [5.41, 5.74) is 2.50. The van der Waals surface area contributed by atoms with Crippen molar-refractivity contribution in [3.05, 3.63) is 106 Å². The smallest absolute Gasteiger partial charge is 0.270 e. The highest BCUT2D eigenvalue weighted by atomic mass is 35.5. The quantitative estimate of drug-likeness (QED) is 0.146. The number of hydrogen-bond donors (Lipinski definition) is 2. The number of non-ortho nitro benzene ring substituents is 1. The standard InChI is InChI=1S/C28H24ClN5O4S/c1-16(2)27(35)31-21-10-9-18(15-20(21)29)33-26(25(32-28(33)39)22-8-3-4-13-30-22)24-12-11-23(38-24)17-6-5-7-19(14-17)34(36)37/h3-16,25-26H,1-2H3,(H,31,35)(H,32,39). The molecule has 1 aliphatic rings. The second-order valence-corrected chi connectivity index (χ2v) is 10.1. The van der Waals surface area contributed by atoms with Crippen LogP contribution in [-0.4, -0.2) is 20.9 Å². The maximum atomic E-state index is 12.2. The second kappa shape index (κ2) is 10.8. The van der Waals surface area contributed by atoms with E-state index >= 15 is 0 Å². The average molecular weight is 562 g/mol. The first-order valence-electron chi connectivity index (χ1n) is 12.2. The average Bonchev–Trinajstić information content (AvgIpc) is 3.55. The summed E-state index contributed by atoms with van der Waals surface area (Å²) in [6.45, 7) is 3.61. The Morgan fingerprint density at radius 2 is 1.97 bits per heavy atom. The molecule has 9 nitrogen and oxygen atoms in total. The van der Waals surface area contributed by atoms with Crippen molar-refractivity contribution in [3.63, 3.8) is 0 Å². The van der Waals surface area contributed by atoms with Crippen LogP contribution < -0.4 is 15.5 Å². The van der Waals surface area contributed by atoms with Crippen LogP contribution in [0.5, 0.6) is 0 Å². The van der Waals surface area contributed by atoms with Crippen LogP contribution in [0.3, 0.4) is 0 Å². The number of carbonyl (C=O) groups excluding carboxylic acids is 1. The molecule has 0 bridgehead atoms. The molecule has 0 radical (unpaired) electrons. The van der Waals surface area contributed by atoms with Gasteiger partial charge in [0.25, 0.3) is 5.69 Å². The van der Waals surface area contributed by atoms with Crippen LogP contribution in [0.1, 0.15) is 37.4 Å². The van der Waals surface area contributed by atoms with Crippen molar-refractivity contribution in [1.82, 2.24) is 10.3 Å². The van der Waals surface area contributed by atoms with Crippen molar-refractivity contribution in [2.24, 2.45) is 5.92 Å². The molecule has 11 heteroatoms. The summed E-state index contributed by atoms with van der Waals surface area (Å²) < 4.78 is 6.29.